The van der Waals surface area contributed by atoms with Gasteiger partial charge in [0.1, 0.15) is 23.0 Å². The lowest BCUT2D eigenvalue weighted by molar-refractivity contribution is 0.318. The first-order valence-corrected chi connectivity index (χ1v) is 6.84. The van der Waals surface area contributed by atoms with Crippen molar-refractivity contribution < 1.29 is 30.3 Å². The molecule has 1 heterocycles. The lowest BCUT2D eigenvalue weighted by Crippen LogP contribution is -2.03. The molecule has 0 amide bonds. The number of aliphatic hydroxyl groups excluding tert-OH is 1. The van der Waals surface area contributed by atoms with Crippen LogP contribution >= 0.6 is 0 Å². The number of ether oxygens (including phenoxy) is 3. The molecular weight excluding hydrogens is 300 g/mol. The summed E-state index contributed by atoms with van der Waals surface area (Å²) in [5.74, 6) is 3.32. The minimum atomic E-state index is 0. The van der Waals surface area contributed by atoms with Crippen LogP contribution in [-0.2, 0) is 6.42 Å². The predicted octanol–water partition coefficient (Wildman–Crippen LogP) is 1.75. The summed E-state index contributed by atoms with van der Waals surface area (Å²) in [6, 6.07) is 11.8. The van der Waals surface area contributed by atoms with Crippen molar-refractivity contribution in [2.45, 2.75) is 13.3 Å². The van der Waals surface area contributed by atoms with Gasteiger partial charge in [-0.05, 0) is 30.2 Å². The van der Waals surface area contributed by atoms with Gasteiger partial charge in [-0.1, -0.05) is 12.1 Å². The van der Waals surface area contributed by atoms with Crippen molar-refractivity contribution in [2.24, 2.45) is 0 Å². The molecule has 1 aliphatic heterocycles. The molecule has 5 N–H and O–H groups in total. The number of rotatable bonds is 2. The van der Waals surface area contributed by atoms with E-state index in [4.69, 9.17) is 19.3 Å². The molecule has 0 atom stereocenters. The lowest BCUT2D eigenvalue weighted by Gasteiger charge is -2.21. The summed E-state index contributed by atoms with van der Waals surface area (Å²) >= 11 is 0. The van der Waals surface area contributed by atoms with Crippen LogP contribution in [0.1, 0.15) is 18.1 Å². The van der Waals surface area contributed by atoms with E-state index in [-0.39, 0.29) is 17.6 Å². The van der Waals surface area contributed by atoms with Gasteiger partial charge in [-0.25, -0.2) is 0 Å². The second kappa shape index (κ2) is 9.68. The van der Waals surface area contributed by atoms with E-state index in [2.05, 4.69) is 0 Å². The molecule has 2 aromatic carbocycles. The maximum absolute atomic E-state index is 7.57. The Hall–Kier alpha value is -2.28. The Morgan fingerprint density at radius 2 is 1.30 bits per heavy atom. The Bertz CT molecular complexity index is 561. The van der Waals surface area contributed by atoms with Gasteiger partial charge >= 0.3 is 0 Å². The van der Waals surface area contributed by atoms with Crippen molar-refractivity contribution in [3.8, 4) is 23.0 Å². The summed E-state index contributed by atoms with van der Waals surface area (Å²) in [6.45, 7) is 1.93. The number of hydrogen-bond donors (Lipinski definition) is 1. The van der Waals surface area contributed by atoms with Crippen LogP contribution in [0.3, 0.4) is 0 Å². The summed E-state index contributed by atoms with van der Waals surface area (Å²) in [5.41, 5.74) is 2.35. The number of benzene rings is 2. The molecule has 0 bridgehead atoms. The van der Waals surface area contributed by atoms with Crippen LogP contribution in [0.2, 0.25) is 0 Å². The molecule has 6 heteroatoms. The number of methoxy groups -OCH3 is 2. The Balaban J connectivity index is 0.000000902. The van der Waals surface area contributed by atoms with E-state index in [0.717, 1.165) is 29.4 Å². The third-order valence-electron chi connectivity index (χ3n) is 3.15. The SMILES string of the molecule is CCO.COc1ccc2c(c1)Oc1cc(OC)ccc1C2.O.O. The van der Waals surface area contributed by atoms with Crippen LogP contribution in [0.5, 0.6) is 23.0 Å². The first-order valence-electron chi connectivity index (χ1n) is 6.84. The fourth-order valence-electron chi connectivity index (χ4n) is 2.13. The van der Waals surface area contributed by atoms with Gasteiger partial charge in [0.05, 0.1) is 14.2 Å². The fourth-order valence-corrected chi connectivity index (χ4v) is 2.13. The maximum atomic E-state index is 7.57. The number of fused-ring (bicyclic) bond motifs is 2. The molecule has 6 nitrogen and oxygen atoms in total. The third-order valence-corrected chi connectivity index (χ3v) is 3.15. The highest BCUT2D eigenvalue weighted by Crippen LogP contribution is 2.39. The zero-order valence-electron chi connectivity index (χ0n) is 13.6. The monoisotopic (exact) mass is 324 g/mol. The van der Waals surface area contributed by atoms with Gasteiger partial charge in [0.2, 0.25) is 0 Å². The molecule has 128 valence electrons. The van der Waals surface area contributed by atoms with Crippen LogP contribution < -0.4 is 14.2 Å². The van der Waals surface area contributed by atoms with Gasteiger partial charge in [0, 0.05) is 25.2 Å². The summed E-state index contributed by atoms with van der Waals surface area (Å²) in [6.07, 6.45) is 0.874. The average Bonchev–Trinajstić information content (AvgIpc) is 2.52. The lowest BCUT2D eigenvalue weighted by atomic mass is 10.00. The van der Waals surface area contributed by atoms with Crippen molar-refractivity contribution in [1.29, 1.82) is 0 Å². The average molecular weight is 324 g/mol. The molecule has 1 aliphatic rings. The van der Waals surface area contributed by atoms with Gasteiger partial charge in [0.25, 0.3) is 0 Å². The molecule has 3 rings (SSSR count). The van der Waals surface area contributed by atoms with Crippen molar-refractivity contribution in [2.75, 3.05) is 20.8 Å². The molecule has 23 heavy (non-hydrogen) atoms. The van der Waals surface area contributed by atoms with Crippen molar-refractivity contribution in [3.63, 3.8) is 0 Å². The van der Waals surface area contributed by atoms with Gasteiger partial charge < -0.3 is 30.3 Å². The van der Waals surface area contributed by atoms with Crippen LogP contribution in [0.25, 0.3) is 0 Å². The van der Waals surface area contributed by atoms with Crippen LogP contribution in [0.4, 0.5) is 0 Å². The Kier molecular flexibility index (Phi) is 8.72. The van der Waals surface area contributed by atoms with Gasteiger partial charge in [-0.2, -0.15) is 0 Å². The minimum absolute atomic E-state index is 0. The van der Waals surface area contributed by atoms with E-state index in [0.29, 0.717) is 0 Å². The molecule has 0 aliphatic carbocycles. The Morgan fingerprint density at radius 3 is 1.65 bits per heavy atom. The van der Waals surface area contributed by atoms with Crippen molar-refractivity contribution >= 4 is 0 Å². The highest BCUT2D eigenvalue weighted by molar-refractivity contribution is 5.53. The smallest absolute Gasteiger partial charge is 0.134 e. The predicted molar refractivity (Wildman–Crippen MR) is 88.9 cm³/mol. The normalized spacial score (nSPS) is 10.3. The zero-order valence-corrected chi connectivity index (χ0v) is 13.6. The zero-order chi connectivity index (χ0) is 15.2. The highest BCUT2D eigenvalue weighted by atomic mass is 16.5. The topological polar surface area (TPSA) is 111 Å². The third kappa shape index (κ3) is 4.85. The fraction of sp³-hybridized carbons (Fsp3) is 0.294. The highest BCUT2D eigenvalue weighted by Gasteiger charge is 2.18. The van der Waals surface area contributed by atoms with E-state index >= 15 is 0 Å². The summed E-state index contributed by atoms with van der Waals surface area (Å²) in [7, 11) is 3.31. The Labute approximate surface area is 135 Å². The maximum Gasteiger partial charge on any atom is 0.134 e. The molecule has 0 aromatic heterocycles. The van der Waals surface area contributed by atoms with Gasteiger partial charge in [0.15, 0.2) is 0 Å². The van der Waals surface area contributed by atoms with E-state index in [1.54, 1.807) is 21.1 Å². The minimum Gasteiger partial charge on any atom is -0.497 e. The molecule has 0 spiro atoms. The number of aliphatic hydroxyl groups is 1. The summed E-state index contributed by atoms with van der Waals surface area (Å²) < 4.78 is 16.3. The summed E-state index contributed by atoms with van der Waals surface area (Å²) in [5, 5.41) is 7.57. The number of hydrogen-bond acceptors (Lipinski definition) is 4. The molecule has 0 fully saturated rings. The standard InChI is InChI=1S/C15H14O3.C2H6O.2H2O/c1-16-12-5-3-10-7-11-4-6-13(17-2)9-15(11)18-14(10)8-12;1-2-3;;/h3-6,8-9H,7H2,1-2H3;3H,2H2,1H3;2*1H2. The van der Waals surface area contributed by atoms with Crippen LogP contribution in [0, 0.1) is 0 Å². The molecule has 0 saturated heterocycles. The molecular formula is C17H24O6. The second-order valence-corrected chi connectivity index (χ2v) is 4.54. The van der Waals surface area contributed by atoms with E-state index < -0.39 is 0 Å². The van der Waals surface area contributed by atoms with Gasteiger partial charge in [-0.3, -0.25) is 0 Å². The first-order chi connectivity index (χ1) is 10.2. The summed E-state index contributed by atoms with van der Waals surface area (Å²) in [4.78, 5) is 0. The first kappa shape index (κ1) is 20.7. The molecule has 0 saturated carbocycles. The quantitative estimate of drug-likeness (QED) is 0.774. The molecule has 0 unspecified atom stereocenters. The van der Waals surface area contributed by atoms with Crippen LogP contribution in [-0.4, -0.2) is 36.9 Å². The van der Waals surface area contributed by atoms with E-state index in [9.17, 15) is 0 Å². The molecule has 0 radical (unpaired) electrons. The van der Waals surface area contributed by atoms with E-state index in [1.165, 1.54) is 11.1 Å². The largest absolute Gasteiger partial charge is 0.497 e. The van der Waals surface area contributed by atoms with E-state index in [1.807, 2.05) is 36.4 Å². The van der Waals surface area contributed by atoms with Crippen molar-refractivity contribution in [1.82, 2.24) is 0 Å². The van der Waals surface area contributed by atoms with Gasteiger partial charge in [-0.15, -0.1) is 0 Å². The Morgan fingerprint density at radius 1 is 0.913 bits per heavy atom. The molecule has 2 aromatic rings. The van der Waals surface area contributed by atoms with Crippen LogP contribution in [0.15, 0.2) is 36.4 Å². The van der Waals surface area contributed by atoms with Crippen molar-refractivity contribution in [3.05, 3.63) is 47.5 Å². The second-order valence-electron chi connectivity index (χ2n) is 4.54.